The molecule has 0 amide bonds. The molecule has 0 aromatic rings. The molecule has 0 aromatic heterocycles. The van der Waals surface area contributed by atoms with E-state index < -0.39 is 0 Å². The fourth-order valence-corrected chi connectivity index (χ4v) is 0.384. The lowest BCUT2D eigenvalue weighted by Crippen LogP contribution is -1.79. The topological polar surface area (TPSA) is 9.23 Å². The van der Waals surface area contributed by atoms with Gasteiger partial charge in [-0.2, -0.15) is 0 Å². The first-order valence-corrected chi connectivity index (χ1v) is 2.89. The van der Waals surface area contributed by atoms with Crippen molar-refractivity contribution >= 4 is 0 Å². The highest BCUT2D eigenvalue weighted by atomic mass is 16.5. The number of rotatable bonds is 4. The Kier molecular flexibility index (Phi) is 6.45. The van der Waals surface area contributed by atoms with Crippen LogP contribution in [0, 0.1) is 6.42 Å². The maximum atomic E-state index is 4.78. The summed E-state index contributed by atoms with van der Waals surface area (Å²) in [6.45, 7) is 2.83. The van der Waals surface area contributed by atoms with E-state index in [4.69, 9.17) is 4.74 Å². The van der Waals surface area contributed by atoms with Gasteiger partial charge in [0.2, 0.25) is 0 Å². The third-order valence-corrected chi connectivity index (χ3v) is 0.771. The van der Waals surface area contributed by atoms with Gasteiger partial charge in [-0.3, -0.25) is 0 Å². The molecule has 0 aliphatic carbocycles. The normalized spacial score (nSPS) is 10.8. The van der Waals surface area contributed by atoms with Crippen molar-refractivity contribution in [3.63, 3.8) is 0 Å². The van der Waals surface area contributed by atoms with Crippen LogP contribution in [0.1, 0.15) is 13.3 Å². The van der Waals surface area contributed by atoms with Crippen molar-refractivity contribution in [2.45, 2.75) is 13.3 Å². The van der Waals surface area contributed by atoms with Gasteiger partial charge in [0.1, 0.15) is 0 Å². The Morgan fingerprint density at radius 1 is 1.50 bits per heavy atom. The largest absolute Gasteiger partial charge is 0.381 e. The van der Waals surface area contributed by atoms with Gasteiger partial charge in [0.15, 0.2) is 0 Å². The van der Waals surface area contributed by atoms with Crippen molar-refractivity contribution in [1.29, 1.82) is 0 Å². The van der Waals surface area contributed by atoms with Gasteiger partial charge in [0.05, 0.1) is 6.61 Å². The summed E-state index contributed by atoms with van der Waals surface area (Å²) in [5.74, 6) is 0. The predicted molar refractivity (Wildman–Crippen MR) is 35.6 cm³/mol. The molecule has 0 aromatic carbocycles. The molecule has 1 heteroatoms. The minimum Gasteiger partial charge on any atom is -0.381 e. The predicted octanol–water partition coefficient (Wildman–Crippen LogP) is 1.80. The van der Waals surface area contributed by atoms with E-state index in [0.29, 0.717) is 0 Å². The number of ether oxygens (including phenoxy) is 1. The molecule has 0 bridgehead atoms. The Morgan fingerprint density at radius 2 is 2.25 bits per heavy atom. The first-order valence-electron chi connectivity index (χ1n) is 2.89. The summed E-state index contributed by atoms with van der Waals surface area (Å²) in [5.41, 5.74) is 0. The molecule has 0 atom stereocenters. The fourth-order valence-electron chi connectivity index (χ4n) is 0.384. The van der Waals surface area contributed by atoms with Crippen LogP contribution >= 0.6 is 0 Å². The Balaban J connectivity index is 2.83. The smallest absolute Gasteiger partial charge is 0.0643 e. The van der Waals surface area contributed by atoms with Crippen molar-refractivity contribution in [3.05, 3.63) is 18.6 Å². The monoisotopic (exact) mass is 113 g/mol. The molecule has 0 aliphatic heterocycles. The van der Waals surface area contributed by atoms with Crippen LogP contribution in [0.4, 0.5) is 0 Å². The Bertz CT molecular complexity index is 49.4. The summed E-state index contributed by atoms with van der Waals surface area (Å²) in [6, 6.07) is 0. The lowest BCUT2D eigenvalue weighted by molar-refractivity contribution is 0.234. The fraction of sp³-hybridized carbons (Fsp3) is 0.571. The van der Waals surface area contributed by atoms with Crippen LogP contribution in [0.3, 0.4) is 0 Å². The lowest BCUT2D eigenvalue weighted by atomic mass is 10.3. The van der Waals surface area contributed by atoms with E-state index in [2.05, 4.69) is 13.3 Å². The second-order valence-corrected chi connectivity index (χ2v) is 1.53. The minimum atomic E-state index is 0.719. The van der Waals surface area contributed by atoms with Gasteiger partial charge in [-0.05, 0) is 12.8 Å². The van der Waals surface area contributed by atoms with Crippen molar-refractivity contribution in [1.82, 2.24) is 0 Å². The van der Waals surface area contributed by atoms with Crippen LogP contribution in [-0.4, -0.2) is 13.7 Å². The van der Waals surface area contributed by atoms with Crippen LogP contribution in [-0.2, 0) is 4.74 Å². The highest BCUT2D eigenvalue weighted by Gasteiger charge is 1.71. The van der Waals surface area contributed by atoms with E-state index in [1.165, 1.54) is 0 Å². The molecule has 1 nitrogen and oxygen atoms in total. The number of methoxy groups -OCH3 is 1. The SMILES string of the molecule is CC[CH]/C=C/COC. The van der Waals surface area contributed by atoms with E-state index in [1.54, 1.807) is 7.11 Å². The van der Waals surface area contributed by atoms with E-state index in [-0.39, 0.29) is 0 Å². The lowest BCUT2D eigenvalue weighted by Gasteiger charge is -1.85. The third-order valence-electron chi connectivity index (χ3n) is 0.771. The number of hydrogen-bond acceptors (Lipinski definition) is 1. The van der Waals surface area contributed by atoms with E-state index in [9.17, 15) is 0 Å². The van der Waals surface area contributed by atoms with E-state index >= 15 is 0 Å². The van der Waals surface area contributed by atoms with Gasteiger partial charge in [0.25, 0.3) is 0 Å². The number of allylic oxidation sites excluding steroid dienone is 1. The summed E-state index contributed by atoms with van der Waals surface area (Å²) in [4.78, 5) is 0. The summed E-state index contributed by atoms with van der Waals surface area (Å²) in [5, 5.41) is 0. The first-order chi connectivity index (χ1) is 3.91. The molecule has 0 heterocycles. The molecule has 47 valence electrons. The molecular formula is C7H13O. The van der Waals surface area contributed by atoms with Gasteiger partial charge < -0.3 is 4.74 Å². The van der Waals surface area contributed by atoms with Crippen LogP contribution in [0.5, 0.6) is 0 Å². The quantitative estimate of drug-likeness (QED) is 0.540. The maximum absolute atomic E-state index is 4.78. The maximum Gasteiger partial charge on any atom is 0.0643 e. The zero-order valence-corrected chi connectivity index (χ0v) is 5.55. The first kappa shape index (κ1) is 7.70. The van der Waals surface area contributed by atoms with Gasteiger partial charge in [-0.15, -0.1) is 0 Å². The average molecular weight is 113 g/mol. The van der Waals surface area contributed by atoms with E-state index in [1.807, 2.05) is 12.2 Å². The molecule has 0 aliphatic rings. The zero-order chi connectivity index (χ0) is 6.24. The molecule has 0 saturated carbocycles. The molecule has 0 fully saturated rings. The molecule has 0 spiro atoms. The van der Waals surface area contributed by atoms with Crippen molar-refractivity contribution in [2.24, 2.45) is 0 Å². The molecule has 0 unspecified atom stereocenters. The number of hydrogen-bond donors (Lipinski definition) is 0. The van der Waals surface area contributed by atoms with Crippen LogP contribution in [0.15, 0.2) is 12.2 Å². The molecular weight excluding hydrogens is 100 g/mol. The van der Waals surface area contributed by atoms with Crippen LogP contribution in [0.2, 0.25) is 0 Å². The van der Waals surface area contributed by atoms with Crippen molar-refractivity contribution in [3.8, 4) is 0 Å². The van der Waals surface area contributed by atoms with Crippen LogP contribution < -0.4 is 0 Å². The van der Waals surface area contributed by atoms with Crippen molar-refractivity contribution < 1.29 is 4.74 Å². The zero-order valence-electron chi connectivity index (χ0n) is 5.55. The Labute approximate surface area is 51.4 Å². The second-order valence-electron chi connectivity index (χ2n) is 1.53. The summed E-state index contributed by atoms with van der Waals surface area (Å²) >= 11 is 0. The van der Waals surface area contributed by atoms with E-state index in [0.717, 1.165) is 13.0 Å². The third kappa shape index (κ3) is 5.70. The van der Waals surface area contributed by atoms with Crippen LogP contribution in [0.25, 0.3) is 0 Å². The van der Waals surface area contributed by atoms with Crippen molar-refractivity contribution in [2.75, 3.05) is 13.7 Å². The molecule has 0 saturated heterocycles. The molecule has 0 rings (SSSR count). The second kappa shape index (κ2) is 6.70. The Morgan fingerprint density at radius 3 is 2.75 bits per heavy atom. The van der Waals surface area contributed by atoms with Gasteiger partial charge in [-0.25, -0.2) is 0 Å². The minimum absolute atomic E-state index is 0.719. The van der Waals surface area contributed by atoms with Gasteiger partial charge in [-0.1, -0.05) is 19.1 Å². The number of unbranched alkanes of at least 4 members (excludes halogenated alkanes) is 1. The van der Waals surface area contributed by atoms with Gasteiger partial charge in [0, 0.05) is 7.11 Å². The highest BCUT2D eigenvalue weighted by Crippen LogP contribution is 1.85. The van der Waals surface area contributed by atoms with Gasteiger partial charge >= 0.3 is 0 Å². The standard InChI is InChI=1S/C7H13O/c1-3-4-5-6-7-8-2/h4-6H,3,7H2,1-2H3/b6-5+. The molecule has 0 N–H and O–H groups in total. The Hall–Kier alpha value is -0.300. The summed E-state index contributed by atoms with van der Waals surface area (Å²) in [6.07, 6.45) is 7.20. The average Bonchev–Trinajstić information content (AvgIpc) is 1.81. The summed E-state index contributed by atoms with van der Waals surface area (Å²) in [7, 11) is 1.69. The highest BCUT2D eigenvalue weighted by molar-refractivity contribution is 4.93. The molecule has 8 heavy (non-hydrogen) atoms. The summed E-state index contributed by atoms with van der Waals surface area (Å²) < 4.78 is 4.78. The molecule has 1 radical (unpaired) electrons.